The van der Waals surface area contributed by atoms with Crippen LogP contribution in [-0.4, -0.2) is 10.9 Å². The number of ketones is 1. The first kappa shape index (κ1) is 13.1. The summed E-state index contributed by atoms with van der Waals surface area (Å²) in [6, 6.07) is 22.4. The lowest BCUT2D eigenvalue weighted by molar-refractivity contribution is 0.104. The van der Waals surface area contributed by atoms with Gasteiger partial charge in [0.2, 0.25) is 0 Å². The fraction of sp³-hybridized carbons (Fsp3) is 0. The molecular formula is C19H14O2. The zero-order chi connectivity index (χ0) is 14.7. The molecule has 0 aliphatic carbocycles. The lowest BCUT2D eigenvalue weighted by atomic mass is 10.0. The lowest BCUT2D eigenvalue weighted by Gasteiger charge is -2.03. The number of hydrogen-bond donors (Lipinski definition) is 1. The third kappa shape index (κ3) is 2.84. The molecule has 0 aliphatic rings. The van der Waals surface area contributed by atoms with Crippen LogP contribution < -0.4 is 0 Å². The van der Waals surface area contributed by atoms with Crippen LogP contribution in [-0.2, 0) is 0 Å². The highest BCUT2D eigenvalue weighted by Crippen LogP contribution is 2.20. The Bertz CT molecular complexity index is 817. The molecule has 0 fully saturated rings. The monoisotopic (exact) mass is 274 g/mol. The third-order valence-corrected chi connectivity index (χ3v) is 3.37. The van der Waals surface area contributed by atoms with Crippen molar-refractivity contribution in [3.63, 3.8) is 0 Å². The third-order valence-electron chi connectivity index (χ3n) is 3.37. The molecule has 3 aromatic carbocycles. The van der Waals surface area contributed by atoms with E-state index in [4.69, 9.17) is 0 Å². The number of rotatable bonds is 3. The summed E-state index contributed by atoms with van der Waals surface area (Å²) in [6.45, 7) is 0. The first-order valence-corrected chi connectivity index (χ1v) is 6.73. The Morgan fingerprint density at radius 1 is 0.762 bits per heavy atom. The Morgan fingerprint density at radius 2 is 1.43 bits per heavy atom. The van der Waals surface area contributed by atoms with Gasteiger partial charge in [-0.1, -0.05) is 66.7 Å². The second-order valence-electron chi connectivity index (χ2n) is 4.82. The van der Waals surface area contributed by atoms with E-state index in [0.717, 1.165) is 10.8 Å². The molecular weight excluding hydrogens is 260 g/mol. The Labute approximate surface area is 123 Å². The van der Waals surface area contributed by atoms with Crippen molar-refractivity contribution in [2.75, 3.05) is 0 Å². The van der Waals surface area contributed by atoms with Gasteiger partial charge in [0.15, 0.2) is 5.78 Å². The van der Waals surface area contributed by atoms with E-state index in [9.17, 15) is 9.90 Å². The largest absolute Gasteiger partial charge is 0.507 e. The molecule has 0 spiro atoms. The van der Waals surface area contributed by atoms with Crippen LogP contribution in [0.4, 0.5) is 0 Å². The lowest BCUT2D eigenvalue weighted by Crippen LogP contribution is -1.96. The van der Waals surface area contributed by atoms with Gasteiger partial charge in [0.25, 0.3) is 0 Å². The molecule has 2 nitrogen and oxygen atoms in total. The normalized spacial score (nSPS) is 11.5. The average Bonchev–Trinajstić information content (AvgIpc) is 2.55. The van der Waals surface area contributed by atoms with Gasteiger partial charge in [-0.25, -0.2) is 0 Å². The quantitative estimate of drug-likeness (QED) is 0.430. The molecule has 2 heteroatoms. The topological polar surface area (TPSA) is 37.3 Å². The summed E-state index contributed by atoms with van der Waals surface area (Å²) < 4.78 is 0. The van der Waals surface area contributed by atoms with Gasteiger partial charge < -0.3 is 5.11 Å². The minimum absolute atomic E-state index is 0.0189. The highest BCUT2D eigenvalue weighted by atomic mass is 16.3. The highest BCUT2D eigenvalue weighted by molar-refractivity contribution is 6.08. The van der Waals surface area contributed by atoms with E-state index in [-0.39, 0.29) is 11.5 Å². The Kier molecular flexibility index (Phi) is 3.52. The zero-order valence-electron chi connectivity index (χ0n) is 11.4. The van der Waals surface area contributed by atoms with Crippen LogP contribution >= 0.6 is 0 Å². The first-order chi connectivity index (χ1) is 10.2. The Hall–Kier alpha value is -2.87. The van der Waals surface area contributed by atoms with Crippen LogP contribution in [0.2, 0.25) is 0 Å². The van der Waals surface area contributed by atoms with E-state index in [1.807, 2.05) is 48.5 Å². The SMILES string of the molecule is O=C(C=C(O)c1ccc2ccccc2c1)c1ccccc1. The molecule has 1 N–H and O–H groups in total. The number of fused-ring (bicyclic) bond motifs is 1. The van der Waals surface area contributed by atoms with Gasteiger partial charge in [-0.3, -0.25) is 4.79 Å². The molecule has 0 aromatic heterocycles. The van der Waals surface area contributed by atoms with Crippen molar-refractivity contribution in [2.45, 2.75) is 0 Å². The number of aliphatic hydroxyl groups excluding tert-OH is 1. The summed E-state index contributed by atoms with van der Waals surface area (Å²) in [5, 5.41) is 12.3. The molecule has 3 rings (SSSR count). The van der Waals surface area contributed by atoms with E-state index in [2.05, 4.69) is 0 Å². The molecule has 0 amide bonds. The Balaban J connectivity index is 1.94. The van der Waals surface area contributed by atoms with Crippen molar-refractivity contribution in [1.29, 1.82) is 0 Å². The van der Waals surface area contributed by atoms with Crippen molar-refractivity contribution in [2.24, 2.45) is 0 Å². The molecule has 0 saturated heterocycles. The maximum atomic E-state index is 12.1. The van der Waals surface area contributed by atoms with Gasteiger partial charge in [0.1, 0.15) is 5.76 Å². The van der Waals surface area contributed by atoms with Crippen molar-refractivity contribution >= 4 is 22.3 Å². The number of carbonyl (C=O) groups excluding carboxylic acids is 1. The molecule has 0 saturated carbocycles. The molecule has 0 aliphatic heterocycles. The van der Waals surface area contributed by atoms with E-state index in [1.54, 1.807) is 24.3 Å². The molecule has 3 aromatic rings. The summed E-state index contributed by atoms with van der Waals surface area (Å²) in [7, 11) is 0. The van der Waals surface area contributed by atoms with Gasteiger partial charge in [0, 0.05) is 17.2 Å². The van der Waals surface area contributed by atoms with Crippen molar-refractivity contribution in [3.8, 4) is 0 Å². The van der Waals surface area contributed by atoms with Crippen LogP contribution in [0.5, 0.6) is 0 Å². The zero-order valence-corrected chi connectivity index (χ0v) is 11.4. The molecule has 21 heavy (non-hydrogen) atoms. The number of benzene rings is 3. The van der Waals surface area contributed by atoms with Crippen molar-refractivity contribution in [1.82, 2.24) is 0 Å². The molecule has 0 unspecified atom stereocenters. The van der Waals surface area contributed by atoms with Crippen LogP contribution in [0.15, 0.2) is 78.9 Å². The standard InChI is InChI=1S/C19H14O2/c20-18(15-7-2-1-3-8-15)13-19(21)17-11-10-14-6-4-5-9-16(14)12-17/h1-13,21H. The summed E-state index contributed by atoms with van der Waals surface area (Å²) in [5.74, 6) is -0.226. The van der Waals surface area contributed by atoms with Crippen LogP contribution in [0.25, 0.3) is 16.5 Å². The van der Waals surface area contributed by atoms with Gasteiger partial charge in [-0.05, 0) is 16.8 Å². The van der Waals surface area contributed by atoms with Crippen LogP contribution in [0, 0.1) is 0 Å². The summed E-state index contributed by atoms with van der Waals surface area (Å²) >= 11 is 0. The van der Waals surface area contributed by atoms with E-state index in [1.165, 1.54) is 6.08 Å². The van der Waals surface area contributed by atoms with Crippen LogP contribution in [0.3, 0.4) is 0 Å². The van der Waals surface area contributed by atoms with Crippen molar-refractivity contribution < 1.29 is 9.90 Å². The first-order valence-electron chi connectivity index (χ1n) is 6.73. The van der Waals surface area contributed by atoms with Gasteiger partial charge in [-0.2, -0.15) is 0 Å². The minimum atomic E-state index is -0.207. The fourth-order valence-corrected chi connectivity index (χ4v) is 2.24. The van der Waals surface area contributed by atoms with E-state index >= 15 is 0 Å². The minimum Gasteiger partial charge on any atom is -0.507 e. The Morgan fingerprint density at radius 3 is 2.19 bits per heavy atom. The fourth-order valence-electron chi connectivity index (χ4n) is 2.24. The highest BCUT2D eigenvalue weighted by Gasteiger charge is 2.06. The maximum absolute atomic E-state index is 12.1. The molecule has 102 valence electrons. The summed E-state index contributed by atoms with van der Waals surface area (Å²) in [5.41, 5.74) is 1.20. The number of carbonyl (C=O) groups is 1. The van der Waals surface area contributed by atoms with Gasteiger partial charge in [-0.15, -0.1) is 0 Å². The molecule has 0 atom stereocenters. The van der Waals surface area contributed by atoms with E-state index in [0.29, 0.717) is 11.1 Å². The average molecular weight is 274 g/mol. The predicted molar refractivity (Wildman–Crippen MR) is 85.3 cm³/mol. The number of allylic oxidation sites excluding steroid dienone is 1. The summed E-state index contributed by atoms with van der Waals surface area (Å²) in [4.78, 5) is 12.1. The van der Waals surface area contributed by atoms with Gasteiger partial charge in [0.05, 0.1) is 0 Å². The summed E-state index contributed by atoms with van der Waals surface area (Å²) in [6.07, 6.45) is 1.26. The predicted octanol–water partition coefficient (Wildman–Crippen LogP) is 4.62. The maximum Gasteiger partial charge on any atom is 0.189 e. The smallest absolute Gasteiger partial charge is 0.189 e. The van der Waals surface area contributed by atoms with Crippen molar-refractivity contribution in [3.05, 3.63) is 90.0 Å². The molecule has 0 heterocycles. The molecule has 0 radical (unpaired) electrons. The van der Waals surface area contributed by atoms with Gasteiger partial charge >= 0.3 is 0 Å². The second-order valence-corrected chi connectivity index (χ2v) is 4.82. The van der Waals surface area contributed by atoms with Crippen LogP contribution in [0.1, 0.15) is 15.9 Å². The number of hydrogen-bond acceptors (Lipinski definition) is 2. The molecule has 0 bridgehead atoms. The van der Waals surface area contributed by atoms with E-state index < -0.39 is 0 Å². The second kappa shape index (κ2) is 5.63. The number of aliphatic hydroxyl groups is 1.